The van der Waals surface area contributed by atoms with Crippen molar-refractivity contribution in [1.82, 2.24) is 19.8 Å². The normalized spacial score (nSPS) is 23.2. The molecule has 1 N–H and O–H groups in total. The first-order valence-corrected chi connectivity index (χ1v) is 11.4. The molecule has 10 nitrogen and oxygen atoms in total. The monoisotopic (exact) mass is 509 g/mol. The van der Waals surface area contributed by atoms with Gasteiger partial charge in [0, 0.05) is 57.6 Å². The van der Waals surface area contributed by atoms with E-state index in [1.54, 1.807) is 24.5 Å². The number of rotatable bonds is 2. The van der Waals surface area contributed by atoms with Crippen LogP contribution in [0.4, 0.5) is 19.1 Å². The minimum atomic E-state index is -5.08. The van der Waals surface area contributed by atoms with Gasteiger partial charge < -0.3 is 24.2 Å². The molecule has 0 aromatic carbocycles. The molecule has 36 heavy (non-hydrogen) atoms. The highest BCUT2D eigenvalue weighted by Gasteiger charge is 2.65. The fourth-order valence-electron chi connectivity index (χ4n) is 5.58. The summed E-state index contributed by atoms with van der Waals surface area (Å²) < 4.78 is 36.8. The second-order valence-corrected chi connectivity index (χ2v) is 9.35. The molecule has 3 aliphatic heterocycles. The number of nitrogens with zero attached hydrogens (tertiary/aromatic N) is 5. The highest BCUT2D eigenvalue weighted by atomic mass is 19.4. The number of halogens is 3. The zero-order valence-corrected chi connectivity index (χ0v) is 19.6. The predicted molar refractivity (Wildman–Crippen MR) is 119 cm³/mol. The van der Waals surface area contributed by atoms with Gasteiger partial charge in [-0.3, -0.25) is 9.59 Å². The Balaban J connectivity index is 0.000000384. The number of alkyl halides is 3. The van der Waals surface area contributed by atoms with Gasteiger partial charge in [0.2, 0.25) is 11.9 Å². The van der Waals surface area contributed by atoms with E-state index in [4.69, 9.17) is 14.3 Å². The molecule has 1 atom stereocenters. The van der Waals surface area contributed by atoms with Crippen LogP contribution in [0, 0.1) is 10.8 Å². The Morgan fingerprint density at radius 2 is 1.72 bits per heavy atom. The van der Waals surface area contributed by atoms with Gasteiger partial charge in [0.05, 0.1) is 17.2 Å². The van der Waals surface area contributed by atoms with Crippen LogP contribution in [-0.4, -0.2) is 88.6 Å². The number of carboxylic acid groups (broad SMARTS) is 1. The van der Waals surface area contributed by atoms with Gasteiger partial charge in [0.1, 0.15) is 6.26 Å². The van der Waals surface area contributed by atoms with Crippen LogP contribution in [0.2, 0.25) is 0 Å². The van der Waals surface area contributed by atoms with Crippen LogP contribution >= 0.6 is 0 Å². The van der Waals surface area contributed by atoms with Gasteiger partial charge in [-0.2, -0.15) is 13.2 Å². The number of carbonyl (C=O) groups is 3. The lowest BCUT2D eigenvalue weighted by Gasteiger charge is -2.46. The molecule has 3 saturated heterocycles. The van der Waals surface area contributed by atoms with Gasteiger partial charge in [-0.15, -0.1) is 0 Å². The fraction of sp³-hybridized carbons (Fsp3) is 0.522. The molecular weight excluding hydrogens is 483 g/mol. The van der Waals surface area contributed by atoms with Crippen LogP contribution in [-0.2, 0) is 9.59 Å². The van der Waals surface area contributed by atoms with Gasteiger partial charge in [-0.05, 0) is 31.4 Å². The zero-order chi connectivity index (χ0) is 26.1. The number of likely N-dealkylation sites (tertiary alicyclic amines) is 2. The number of amides is 2. The number of carboxylic acids is 1. The maximum Gasteiger partial charge on any atom is 0.490 e. The van der Waals surface area contributed by atoms with Crippen molar-refractivity contribution in [1.29, 1.82) is 0 Å². The summed E-state index contributed by atoms with van der Waals surface area (Å²) >= 11 is 0. The minimum Gasteiger partial charge on any atom is -0.475 e. The lowest BCUT2D eigenvalue weighted by atomic mass is 9.60. The van der Waals surface area contributed by atoms with E-state index < -0.39 is 17.6 Å². The van der Waals surface area contributed by atoms with Crippen molar-refractivity contribution < 1.29 is 37.1 Å². The topological polar surface area (TPSA) is 120 Å². The molecule has 5 heterocycles. The highest BCUT2D eigenvalue weighted by Crippen LogP contribution is 2.58. The van der Waals surface area contributed by atoms with Gasteiger partial charge in [0.15, 0.2) is 0 Å². The number of anilines is 1. The minimum absolute atomic E-state index is 0.00115. The molecule has 5 rings (SSSR count). The second kappa shape index (κ2) is 9.43. The number of piperidine rings is 1. The number of aromatic nitrogens is 2. The zero-order valence-electron chi connectivity index (χ0n) is 19.6. The Labute approximate surface area is 204 Å². The van der Waals surface area contributed by atoms with Crippen molar-refractivity contribution in [2.75, 3.05) is 44.7 Å². The van der Waals surface area contributed by atoms with E-state index in [2.05, 4.69) is 14.9 Å². The third-order valence-corrected chi connectivity index (χ3v) is 7.45. The Morgan fingerprint density at radius 1 is 1.08 bits per heavy atom. The first-order valence-electron chi connectivity index (χ1n) is 11.4. The van der Waals surface area contributed by atoms with E-state index in [9.17, 15) is 22.8 Å². The second-order valence-electron chi connectivity index (χ2n) is 9.35. The van der Waals surface area contributed by atoms with E-state index >= 15 is 0 Å². The summed E-state index contributed by atoms with van der Waals surface area (Å²) in [6.07, 6.45) is 3.88. The number of fused-ring (bicyclic) bond motifs is 1. The maximum absolute atomic E-state index is 13.3. The number of hydrogen-bond donors (Lipinski definition) is 1. The van der Waals surface area contributed by atoms with Gasteiger partial charge in [-0.25, -0.2) is 14.8 Å². The van der Waals surface area contributed by atoms with Crippen LogP contribution < -0.4 is 4.90 Å². The summed E-state index contributed by atoms with van der Waals surface area (Å²) in [6, 6.07) is 3.51. The SMILES string of the molecule is CN1CCC2(CN(c3ncccn3)CC23CCN(C(=O)c2ccoc2)CC3)C1=O.O=C(O)C(F)(F)F. The molecule has 2 aromatic rings. The predicted octanol–water partition coefficient (Wildman–Crippen LogP) is 2.29. The standard InChI is InChI=1S/C21H25N5O3.C2HF3O2/c1-24-9-6-21(18(24)28)15-26(19-22-7-2-8-23-19)14-20(21)4-10-25(11-5-20)17(27)16-3-12-29-13-16;3-2(4,5)1(6)7/h2-3,7-8,12-13H,4-6,9-11,14-15H2,1H3;(H,6,7). The smallest absolute Gasteiger partial charge is 0.475 e. The first kappa shape index (κ1) is 25.5. The van der Waals surface area contributed by atoms with Crippen LogP contribution in [0.15, 0.2) is 41.5 Å². The Bertz CT molecular complexity index is 1100. The van der Waals surface area contributed by atoms with E-state index in [1.165, 1.54) is 12.5 Å². The quantitative estimate of drug-likeness (QED) is 0.655. The van der Waals surface area contributed by atoms with Gasteiger partial charge in [-0.1, -0.05) is 0 Å². The lowest BCUT2D eigenvalue weighted by molar-refractivity contribution is -0.192. The molecule has 0 bridgehead atoms. The summed E-state index contributed by atoms with van der Waals surface area (Å²) in [5, 5.41) is 7.12. The third-order valence-electron chi connectivity index (χ3n) is 7.45. The number of carbonyl (C=O) groups excluding carboxylic acids is 2. The summed E-state index contributed by atoms with van der Waals surface area (Å²) in [7, 11) is 1.89. The Hall–Kier alpha value is -3.64. The average Bonchev–Trinajstić information content (AvgIpc) is 3.57. The fourth-order valence-corrected chi connectivity index (χ4v) is 5.58. The molecule has 2 aromatic heterocycles. The molecule has 1 unspecified atom stereocenters. The molecule has 3 fully saturated rings. The average molecular weight is 509 g/mol. The lowest BCUT2D eigenvalue weighted by Crippen LogP contribution is -2.53. The first-order chi connectivity index (χ1) is 17.0. The van der Waals surface area contributed by atoms with Crippen molar-refractivity contribution >= 4 is 23.7 Å². The van der Waals surface area contributed by atoms with E-state index in [0.717, 1.165) is 32.4 Å². The molecule has 3 aliphatic rings. The molecule has 2 amide bonds. The molecule has 0 radical (unpaired) electrons. The molecule has 0 aliphatic carbocycles. The molecular formula is C23H26F3N5O5. The Morgan fingerprint density at radius 3 is 2.22 bits per heavy atom. The number of hydrogen-bond acceptors (Lipinski definition) is 7. The van der Waals surface area contributed by atoms with Crippen molar-refractivity contribution in [3.8, 4) is 0 Å². The number of furan rings is 1. The van der Waals surface area contributed by atoms with Crippen LogP contribution in [0.3, 0.4) is 0 Å². The largest absolute Gasteiger partial charge is 0.490 e. The van der Waals surface area contributed by atoms with Crippen molar-refractivity contribution in [2.45, 2.75) is 25.4 Å². The van der Waals surface area contributed by atoms with Gasteiger partial charge >= 0.3 is 12.1 Å². The van der Waals surface area contributed by atoms with Gasteiger partial charge in [0.25, 0.3) is 5.91 Å². The number of aliphatic carboxylic acids is 1. The molecule has 194 valence electrons. The van der Waals surface area contributed by atoms with Crippen molar-refractivity contribution in [3.05, 3.63) is 42.6 Å². The summed E-state index contributed by atoms with van der Waals surface area (Å²) in [6.45, 7) is 3.47. The van der Waals surface area contributed by atoms with E-state index in [1.807, 2.05) is 16.8 Å². The maximum atomic E-state index is 13.3. The summed E-state index contributed by atoms with van der Waals surface area (Å²) in [5.41, 5.74) is -0.00878. The van der Waals surface area contributed by atoms with Crippen LogP contribution in [0.5, 0.6) is 0 Å². The van der Waals surface area contributed by atoms with E-state index in [-0.39, 0.29) is 17.2 Å². The summed E-state index contributed by atoms with van der Waals surface area (Å²) in [4.78, 5) is 49.8. The van der Waals surface area contributed by atoms with E-state index in [0.29, 0.717) is 31.1 Å². The highest BCUT2D eigenvalue weighted by molar-refractivity contribution is 5.94. The van der Waals surface area contributed by atoms with Crippen LogP contribution in [0.1, 0.15) is 29.6 Å². The van der Waals surface area contributed by atoms with Crippen LogP contribution in [0.25, 0.3) is 0 Å². The van der Waals surface area contributed by atoms with Crippen molar-refractivity contribution in [2.24, 2.45) is 10.8 Å². The third kappa shape index (κ3) is 4.49. The molecule has 13 heteroatoms. The summed E-state index contributed by atoms with van der Waals surface area (Å²) in [5.74, 6) is -1.85. The molecule has 2 spiro atoms. The van der Waals surface area contributed by atoms with Crippen molar-refractivity contribution in [3.63, 3.8) is 0 Å². The molecule has 0 saturated carbocycles. The Kier molecular flexibility index (Phi) is 6.67.